The van der Waals surface area contributed by atoms with Crippen molar-refractivity contribution >= 4 is 39.7 Å². The van der Waals surface area contributed by atoms with Crippen LogP contribution in [0.3, 0.4) is 0 Å². The molecule has 1 aliphatic heterocycles. The molecule has 0 atom stereocenters. The molecule has 0 bridgehead atoms. The van der Waals surface area contributed by atoms with Gasteiger partial charge in [0, 0.05) is 54.4 Å². The number of piperazine rings is 1. The van der Waals surface area contributed by atoms with Gasteiger partial charge in [-0.1, -0.05) is 11.6 Å². The topological polar surface area (TPSA) is 62.5 Å². The summed E-state index contributed by atoms with van der Waals surface area (Å²) in [6.45, 7) is 5.47. The zero-order valence-electron chi connectivity index (χ0n) is 14.9. The van der Waals surface area contributed by atoms with Crippen molar-refractivity contribution in [1.29, 1.82) is 0 Å². The average molecular weight is 383 g/mol. The summed E-state index contributed by atoms with van der Waals surface area (Å²) in [7, 11) is 0. The Morgan fingerprint density at radius 2 is 1.67 bits per heavy atom. The number of pyridine rings is 1. The average Bonchev–Trinajstić information content (AvgIpc) is 2.68. The third-order valence-corrected chi connectivity index (χ3v) is 5.23. The van der Waals surface area contributed by atoms with Crippen LogP contribution in [0.25, 0.3) is 10.9 Å². The number of fused-ring (bicyclic) bond motifs is 1. The number of rotatable bonds is 3. The Balaban J connectivity index is 1.50. The molecule has 0 unspecified atom stereocenters. The fraction of sp³-hybridized carbons (Fsp3) is 0.250. The summed E-state index contributed by atoms with van der Waals surface area (Å²) in [5.74, 6) is 0.977. The Bertz CT molecular complexity index is 999. The highest BCUT2D eigenvalue weighted by Crippen LogP contribution is 2.27. The minimum absolute atomic E-state index is 0.119. The van der Waals surface area contributed by atoms with E-state index in [0.717, 1.165) is 59.2 Å². The summed E-state index contributed by atoms with van der Waals surface area (Å²) in [4.78, 5) is 19.8. The number of nitro groups is 1. The summed E-state index contributed by atoms with van der Waals surface area (Å²) in [6.07, 6.45) is 0. The molecule has 0 radical (unpaired) electrons. The molecule has 2 heterocycles. The van der Waals surface area contributed by atoms with Crippen molar-refractivity contribution in [2.75, 3.05) is 36.0 Å². The lowest BCUT2D eigenvalue weighted by Crippen LogP contribution is -2.46. The van der Waals surface area contributed by atoms with Crippen molar-refractivity contribution in [3.8, 4) is 0 Å². The first kappa shape index (κ1) is 17.5. The van der Waals surface area contributed by atoms with E-state index in [1.807, 2.05) is 30.3 Å². The summed E-state index contributed by atoms with van der Waals surface area (Å²) in [5, 5.41) is 12.6. The predicted molar refractivity (Wildman–Crippen MR) is 109 cm³/mol. The molecule has 0 amide bonds. The van der Waals surface area contributed by atoms with E-state index in [1.165, 1.54) is 0 Å². The predicted octanol–water partition coefficient (Wildman–Crippen LogP) is 4.43. The van der Waals surface area contributed by atoms with Gasteiger partial charge in [0.15, 0.2) is 0 Å². The standard InChI is InChI=1S/C20H19ClN4O2/c1-14-12-20(22-19-7-2-15(21)13-18(14)19)24-10-8-23(9-11-24)16-3-5-17(6-4-16)25(26)27/h2-7,12-13H,8-11H2,1H3. The summed E-state index contributed by atoms with van der Waals surface area (Å²) in [5.41, 5.74) is 3.24. The number of non-ortho nitro benzene ring substituents is 1. The molecule has 4 rings (SSSR count). The van der Waals surface area contributed by atoms with Gasteiger partial charge in [-0.3, -0.25) is 10.1 Å². The van der Waals surface area contributed by atoms with Crippen molar-refractivity contribution in [2.24, 2.45) is 0 Å². The molecule has 2 aromatic carbocycles. The maximum Gasteiger partial charge on any atom is 0.269 e. The molecule has 0 saturated carbocycles. The first-order chi connectivity index (χ1) is 13.0. The van der Waals surface area contributed by atoms with Crippen LogP contribution >= 0.6 is 11.6 Å². The molecule has 0 aliphatic carbocycles. The van der Waals surface area contributed by atoms with Crippen molar-refractivity contribution in [3.63, 3.8) is 0 Å². The number of halogens is 1. The smallest absolute Gasteiger partial charge is 0.269 e. The lowest BCUT2D eigenvalue weighted by atomic mass is 10.1. The maximum absolute atomic E-state index is 10.8. The Hall–Kier alpha value is -2.86. The number of benzene rings is 2. The molecule has 1 saturated heterocycles. The highest BCUT2D eigenvalue weighted by Gasteiger charge is 2.19. The molecule has 138 valence electrons. The zero-order valence-corrected chi connectivity index (χ0v) is 15.7. The Morgan fingerprint density at radius 3 is 2.33 bits per heavy atom. The summed E-state index contributed by atoms with van der Waals surface area (Å²) < 4.78 is 0. The van der Waals surface area contributed by atoms with Crippen molar-refractivity contribution in [1.82, 2.24) is 4.98 Å². The normalized spacial score (nSPS) is 14.6. The van der Waals surface area contributed by atoms with Gasteiger partial charge in [-0.05, 0) is 48.9 Å². The van der Waals surface area contributed by atoms with Crippen LogP contribution in [0.2, 0.25) is 5.02 Å². The lowest BCUT2D eigenvalue weighted by molar-refractivity contribution is -0.384. The van der Waals surface area contributed by atoms with E-state index in [2.05, 4.69) is 22.8 Å². The van der Waals surface area contributed by atoms with E-state index in [-0.39, 0.29) is 10.6 Å². The van der Waals surface area contributed by atoms with Gasteiger partial charge in [-0.2, -0.15) is 0 Å². The highest BCUT2D eigenvalue weighted by molar-refractivity contribution is 6.31. The van der Waals surface area contributed by atoms with E-state index >= 15 is 0 Å². The van der Waals surface area contributed by atoms with Crippen molar-refractivity contribution in [3.05, 3.63) is 69.2 Å². The van der Waals surface area contributed by atoms with E-state index in [9.17, 15) is 10.1 Å². The van der Waals surface area contributed by atoms with Crippen LogP contribution in [0.4, 0.5) is 17.2 Å². The molecule has 6 nitrogen and oxygen atoms in total. The minimum Gasteiger partial charge on any atom is -0.368 e. The van der Waals surface area contributed by atoms with Gasteiger partial charge in [0.25, 0.3) is 5.69 Å². The minimum atomic E-state index is -0.372. The van der Waals surface area contributed by atoms with E-state index in [0.29, 0.717) is 0 Å². The lowest BCUT2D eigenvalue weighted by Gasteiger charge is -2.37. The maximum atomic E-state index is 10.8. The summed E-state index contributed by atoms with van der Waals surface area (Å²) >= 11 is 6.10. The van der Waals surface area contributed by atoms with Gasteiger partial charge in [0.1, 0.15) is 5.82 Å². The fourth-order valence-electron chi connectivity index (χ4n) is 3.49. The third-order valence-electron chi connectivity index (χ3n) is 4.99. The Labute approximate surface area is 162 Å². The van der Waals surface area contributed by atoms with Gasteiger partial charge in [0.05, 0.1) is 10.4 Å². The van der Waals surface area contributed by atoms with Gasteiger partial charge >= 0.3 is 0 Å². The number of aryl methyl sites for hydroxylation is 1. The second-order valence-corrected chi connectivity index (χ2v) is 7.14. The van der Waals surface area contributed by atoms with Crippen molar-refractivity contribution < 1.29 is 4.92 Å². The number of aromatic nitrogens is 1. The van der Waals surface area contributed by atoms with Crippen molar-refractivity contribution in [2.45, 2.75) is 6.92 Å². The molecule has 7 heteroatoms. The van der Waals surface area contributed by atoms with Crippen LogP contribution in [0.15, 0.2) is 48.5 Å². The zero-order chi connectivity index (χ0) is 19.0. The molecule has 1 fully saturated rings. The second-order valence-electron chi connectivity index (χ2n) is 6.71. The number of anilines is 2. The molecule has 1 aliphatic rings. The van der Waals surface area contributed by atoms with Gasteiger partial charge in [-0.25, -0.2) is 4.98 Å². The third kappa shape index (κ3) is 3.53. The molecule has 27 heavy (non-hydrogen) atoms. The monoisotopic (exact) mass is 382 g/mol. The number of nitrogens with zero attached hydrogens (tertiary/aromatic N) is 4. The van der Waals surface area contributed by atoms with E-state index < -0.39 is 0 Å². The van der Waals surface area contributed by atoms with Crippen LogP contribution in [0.1, 0.15) is 5.56 Å². The Morgan fingerprint density at radius 1 is 1.00 bits per heavy atom. The second kappa shape index (κ2) is 7.04. The first-order valence-corrected chi connectivity index (χ1v) is 9.20. The van der Waals surface area contributed by atoms with Gasteiger partial charge < -0.3 is 9.80 Å². The quantitative estimate of drug-likeness (QED) is 0.495. The van der Waals surface area contributed by atoms with Crippen LogP contribution in [-0.4, -0.2) is 36.1 Å². The molecule has 0 N–H and O–H groups in total. The number of hydrogen-bond acceptors (Lipinski definition) is 5. The highest BCUT2D eigenvalue weighted by atomic mass is 35.5. The van der Waals surface area contributed by atoms with Gasteiger partial charge in [0.2, 0.25) is 0 Å². The molecule has 0 spiro atoms. The Kier molecular flexibility index (Phi) is 4.58. The largest absolute Gasteiger partial charge is 0.368 e. The fourth-order valence-corrected chi connectivity index (χ4v) is 3.66. The van der Waals surface area contributed by atoms with Gasteiger partial charge in [-0.15, -0.1) is 0 Å². The van der Waals surface area contributed by atoms with E-state index in [4.69, 9.17) is 16.6 Å². The number of hydrogen-bond donors (Lipinski definition) is 0. The molecule has 3 aromatic rings. The summed E-state index contributed by atoms with van der Waals surface area (Å²) in [6, 6.07) is 14.6. The molecular formula is C20H19ClN4O2. The van der Waals surface area contributed by atoms with Crippen LogP contribution in [0.5, 0.6) is 0 Å². The van der Waals surface area contributed by atoms with Crippen LogP contribution in [0, 0.1) is 17.0 Å². The van der Waals surface area contributed by atoms with Crippen LogP contribution < -0.4 is 9.80 Å². The molecule has 1 aromatic heterocycles. The molecular weight excluding hydrogens is 364 g/mol. The first-order valence-electron chi connectivity index (χ1n) is 8.82. The van der Waals surface area contributed by atoms with Crippen LogP contribution in [-0.2, 0) is 0 Å². The number of nitro benzene ring substituents is 1. The SMILES string of the molecule is Cc1cc(N2CCN(c3ccc([N+](=O)[O-])cc3)CC2)nc2ccc(Cl)cc12. The van der Waals surface area contributed by atoms with E-state index in [1.54, 1.807) is 12.1 Å².